The number of aromatic nitrogens is 2. The van der Waals surface area contributed by atoms with E-state index in [1.165, 1.54) is 0 Å². The van der Waals surface area contributed by atoms with E-state index in [0.717, 1.165) is 16.8 Å². The van der Waals surface area contributed by atoms with Gasteiger partial charge in [0, 0.05) is 34.5 Å². The van der Waals surface area contributed by atoms with E-state index in [1.807, 2.05) is 66.7 Å². The van der Waals surface area contributed by atoms with Gasteiger partial charge in [0.05, 0.1) is 14.2 Å². The lowest BCUT2D eigenvalue weighted by molar-refractivity contribution is 0.394. The van der Waals surface area contributed by atoms with E-state index in [1.54, 1.807) is 20.3 Å². The summed E-state index contributed by atoms with van der Waals surface area (Å²) in [5.41, 5.74) is 2.51. The van der Waals surface area contributed by atoms with Gasteiger partial charge in [-0.05, 0) is 29.8 Å². The minimum Gasteiger partial charge on any atom is -0.497 e. The Hall–Kier alpha value is -3.22. The predicted molar refractivity (Wildman–Crippen MR) is 123 cm³/mol. The minimum absolute atomic E-state index is 0. The zero-order valence-corrected chi connectivity index (χ0v) is 18.5. The quantitative estimate of drug-likeness (QED) is 0.365. The predicted octanol–water partition coefficient (Wildman–Crippen LogP) is 6.03. The highest BCUT2D eigenvalue weighted by atomic mass is 35.5. The van der Waals surface area contributed by atoms with Gasteiger partial charge in [0.1, 0.15) is 17.5 Å². The van der Waals surface area contributed by atoms with Crippen molar-refractivity contribution in [2.24, 2.45) is 0 Å². The first-order valence-electron chi connectivity index (χ1n) is 9.30. The molecule has 1 atom stereocenters. The molecule has 1 heterocycles. The van der Waals surface area contributed by atoms with E-state index < -0.39 is 6.04 Å². The summed E-state index contributed by atoms with van der Waals surface area (Å²) in [7, 11) is 3.22. The zero-order valence-electron chi connectivity index (χ0n) is 16.9. The number of hydrogen-bond acceptors (Lipinski definition) is 6. The summed E-state index contributed by atoms with van der Waals surface area (Å²) in [6.07, 6.45) is 0. The number of benzene rings is 3. The third-order valence-corrected chi connectivity index (χ3v) is 4.79. The largest absolute Gasteiger partial charge is 0.497 e. The molecular weight excluding hydrogens is 437 g/mol. The molecule has 0 spiro atoms. The van der Waals surface area contributed by atoms with E-state index in [0.29, 0.717) is 28.3 Å². The van der Waals surface area contributed by atoms with Crippen LogP contribution in [-0.4, -0.2) is 24.4 Å². The van der Waals surface area contributed by atoms with Crippen molar-refractivity contribution in [2.45, 2.75) is 6.04 Å². The maximum absolute atomic E-state index is 6.24. The Labute approximate surface area is 191 Å². The molecule has 0 bridgehead atoms. The molecule has 1 N–H and O–H groups in total. The van der Waals surface area contributed by atoms with Crippen molar-refractivity contribution >= 4 is 29.7 Å². The van der Waals surface area contributed by atoms with Crippen LogP contribution in [-0.2, 0) is 0 Å². The van der Waals surface area contributed by atoms with Crippen LogP contribution in [0.1, 0.15) is 17.5 Å². The van der Waals surface area contributed by atoms with Crippen LogP contribution in [0, 0.1) is 0 Å². The molecule has 1 aromatic heterocycles. The van der Waals surface area contributed by atoms with Crippen molar-refractivity contribution in [1.29, 1.82) is 0 Å². The molecule has 160 valence electrons. The third-order valence-electron chi connectivity index (χ3n) is 4.55. The van der Waals surface area contributed by atoms with Gasteiger partial charge in [-0.15, -0.1) is 22.6 Å². The number of hydrogen-bond donors (Lipinski definition) is 1. The second-order valence-electron chi connectivity index (χ2n) is 6.55. The van der Waals surface area contributed by atoms with E-state index >= 15 is 0 Å². The van der Waals surface area contributed by atoms with Crippen LogP contribution in [0.5, 0.6) is 11.5 Å². The summed E-state index contributed by atoms with van der Waals surface area (Å²) >= 11 is 6.24. The highest BCUT2D eigenvalue weighted by Gasteiger charge is 2.22. The van der Waals surface area contributed by atoms with Crippen molar-refractivity contribution in [3.63, 3.8) is 0 Å². The number of rotatable bonds is 7. The van der Waals surface area contributed by atoms with Gasteiger partial charge in [-0.1, -0.05) is 41.9 Å². The Morgan fingerprint density at radius 2 is 1.58 bits per heavy atom. The first-order chi connectivity index (χ1) is 14.7. The Bertz CT molecular complexity index is 1110. The molecule has 0 aliphatic carbocycles. The maximum Gasteiger partial charge on any atom is 0.247 e. The molecule has 8 heteroatoms. The minimum atomic E-state index is -0.425. The zero-order chi connectivity index (χ0) is 20.9. The van der Waals surface area contributed by atoms with E-state index in [2.05, 4.69) is 15.5 Å². The maximum atomic E-state index is 6.24. The molecule has 3 aromatic carbocycles. The van der Waals surface area contributed by atoms with Crippen LogP contribution in [0.3, 0.4) is 0 Å². The SMILES string of the molecule is COc1cc(NC(c2cccc(Cl)c2)c2nnc(-c3ccccc3)o2)cc(OC)c1.Cl. The highest BCUT2D eigenvalue weighted by Crippen LogP contribution is 2.33. The topological polar surface area (TPSA) is 69.4 Å². The summed E-state index contributed by atoms with van der Waals surface area (Å²) in [5, 5.41) is 12.6. The van der Waals surface area contributed by atoms with Gasteiger partial charge in [-0.3, -0.25) is 0 Å². The summed E-state index contributed by atoms with van der Waals surface area (Å²) in [6.45, 7) is 0. The van der Waals surface area contributed by atoms with Gasteiger partial charge >= 0.3 is 0 Å². The summed E-state index contributed by atoms with van der Waals surface area (Å²) in [5.74, 6) is 2.19. The second-order valence-corrected chi connectivity index (χ2v) is 6.98. The average Bonchev–Trinajstić information content (AvgIpc) is 3.27. The van der Waals surface area contributed by atoms with Gasteiger partial charge in [-0.2, -0.15) is 0 Å². The lowest BCUT2D eigenvalue weighted by Crippen LogP contribution is -2.13. The van der Waals surface area contributed by atoms with Gasteiger partial charge in [0.15, 0.2) is 0 Å². The van der Waals surface area contributed by atoms with Crippen molar-refractivity contribution in [1.82, 2.24) is 10.2 Å². The normalized spacial score (nSPS) is 11.3. The van der Waals surface area contributed by atoms with Crippen molar-refractivity contribution in [2.75, 3.05) is 19.5 Å². The fourth-order valence-corrected chi connectivity index (χ4v) is 3.28. The summed E-state index contributed by atoms with van der Waals surface area (Å²) in [4.78, 5) is 0. The molecule has 0 aliphatic heterocycles. The van der Waals surface area contributed by atoms with Gasteiger partial charge < -0.3 is 19.2 Å². The molecule has 0 fully saturated rings. The van der Waals surface area contributed by atoms with Crippen LogP contribution in [0.4, 0.5) is 5.69 Å². The Morgan fingerprint density at radius 3 is 2.23 bits per heavy atom. The smallest absolute Gasteiger partial charge is 0.247 e. The molecule has 0 radical (unpaired) electrons. The summed E-state index contributed by atoms with van der Waals surface area (Å²) in [6, 6.07) is 22.3. The van der Waals surface area contributed by atoms with Crippen LogP contribution in [0.25, 0.3) is 11.5 Å². The number of nitrogens with zero attached hydrogens (tertiary/aromatic N) is 2. The van der Waals surface area contributed by atoms with Crippen molar-refractivity contribution in [3.05, 3.63) is 89.3 Å². The number of methoxy groups -OCH3 is 2. The van der Waals surface area contributed by atoms with Crippen LogP contribution < -0.4 is 14.8 Å². The molecule has 6 nitrogen and oxygen atoms in total. The lowest BCUT2D eigenvalue weighted by Gasteiger charge is -2.18. The Balaban J connectivity index is 0.00000272. The number of ether oxygens (including phenoxy) is 2. The number of nitrogens with one attached hydrogen (secondary N) is 1. The first kappa shape index (κ1) is 22.5. The molecule has 1 unspecified atom stereocenters. The van der Waals surface area contributed by atoms with E-state index in [9.17, 15) is 0 Å². The lowest BCUT2D eigenvalue weighted by atomic mass is 10.1. The van der Waals surface area contributed by atoms with Gasteiger partial charge in [0.25, 0.3) is 0 Å². The Kier molecular flexibility index (Phi) is 7.39. The molecule has 0 saturated carbocycles. The fourth-order valence-electron chi connectivity index (χ4n) is 3.08. The monoisotopic (exact) mass is 457 g/mol. The second kappa shape index (κ2) is 10.2. The fraction of sp³-hybridized carbons (Fsp3) is 0.130. The summed E-state index contributed by atoms with van der Waals surface area (Å²) < 4.78 is 16.8. The third kappa shape index (κ3) is 5.29. The highest BCUT2D eigenvalue weighted by molar-refractivity contribution is 6.30. The van der Waals surface area contributed by atoms with Crippen molar-refractivity contribution in [3.8, 4) is 23.0 Å². The molecular formula is C23H21Cl2N3O3. The average molecular weight is 458 g/mol. The molecule has 31 heavy (non-hydrogen) atoms. The Morgan fingerprint density at radius 1 is 0.871 bits per heavy atom. The van der Waals surface area contributed by atoms with E-state index in [4.69, 9.17) is 25.5 Å². The van der Waals surface area contributed by atoms with Crippen LogP contribution in [0.15, 0.2) is 77.2 Å². The molecule has 0 aliphatic rings. The van der Waals surface area contributed by atoms with E-state index in [-0.39, 0.29) is 12.4 Å². The number of anilines is 1. The molecule has 4 aromatic rings. The first-order valence-corrected chi connectivity index (χ1v) is 9.68. The van der Waals surface area contributed by atoms with Crippen LogP contribution >= 0.6 is 24.0 Å². The number of halogens is 2. The van der Waals surface area contributed by atoms with Gasteiger partial charge in [0.2, 0.25) is 11.8 Å². The molecule has 0 amide bonds. The van der Waals surface area contributed by atoms with Gasteiger partial charge in [-0.25, -0.2) is 0 Å². The standard InChI is InChI=1S/C23H20ClN3O3.ClH/c1-28-19-12-18(13-20(14-19)29-2)25-21(16-9-6-10-17(24)11-16)23-27-26-22(30-23)15-7-4-3-5-8-15;/h3-14,21,25H,1-2H3;1H. The van der Waals surface area contributed by atoms with Crippen LogP contribution in [0.2, 0.25) is 5.02 Å². The molecule has 4 rings (SSSR count). The molecule has 0 saturated heterocycles. The van der Waals surface area contributed by atoms with Crippen molar-refractivity contribution < 1.29 is 13.9 Å².